The number of hydrogen-bond donors (Lipinski definition) is 0. The van der Waals surface area contributed by atoms with Crippen LogP contribution in [0.4, 0.5) is 0 Å². The fourth-order valence-electron chi connectivity index (χ4n) is 0.856. The summed E-state index contributed by atoms with van der Waals surface area (Å²) in [6.07, 6.45) is 0.283. The van der Waals surface area contributed by atoms with Crippen molar-refractivity contribution in [3.05, 3.63) is 30.3 Å². The summed E-state index contributed by atoms with van der Waals surface area (Å²) in [6.45, 7) is 0.395. The molecule has 3 nitrogen and oxygen atoms in total. The van der Waals surface area contributed by atoms with Crippen LogP contribution in [0.25, 0.3) is 0 Å². The third-order valence-electron chi connectivity index (χ3n) is 1.49. The van der Waals surface area contributed by atoms with E-state index >= 15 is 0 Å². The van der Waals surface area contributed by atoms with E-state index in [0.29, 0.717) is 12.4 Å². The van der Waals surface area contributed by atoms with E-state index in [1.165, 1.54) is 0 Å². The van der Waals surface area contributed by atoms with Crippen molar-refractivity contribution in [2.45, 2.75) is 6.42 Å². The molecule has 0 atom stereocenters. The number of rotatable bonds is 4. The predicted molar refractivity (Wildman–Crippen MR) is 49.7 cm³/mol. The van der Waals surface area contributed by atoms with Crippen LogP contribution >= 0.6 is 0 Å². The molecule has 0 unspecified atom stereocenters. The Labute approximate surface area is 107 Å². The van der Waals surface area contributed by atoms with Gasteiger partial charge in [-0.25, -0.2) is 0 Å². The minimum atomic E-state index is -0.270. The molecule has 0 saturated heterocycles. The molecule has 0 amide bonds. The fourth-order valence-corrected chi connectivity index (χ4v) is 0.856. The zero-order valence-electron chi connectivity index (χ0n) is 9.53. The van der Waals surface area contributed by atoms with Crippen LogP contribution in [0.3, 0.4) is 0 Å². The molecule has 1 rings (SSSR count). The van der Waals surface area contributed by atoms with E-state index in [2.05, 4.69) is 0 Å². The number of benzene rings is 1. The summed E-state index contributed by atoms with van der Waals surface area (Å²) in [6, 6.07) is 8.99. The maximum atomic E-state index is 11.1. The van der Waals surface area contributed by atoms with Gasteiger partial charge in [0.1, 0.15) is 5.75 Å². The van der Waals surface area contributed by atoms with Gasteiger partial charge in [0.2, 0.25) is 0 Å². The van der Waals surface area contributed by atoms with E-state index in [-0.39, 0.29) is 43.4 Å². The molecule has 1 aromatic carbocycles. The molecule has 0 aliphatic rings. The van der Waals surface area contributed by atoms with E-state index in [4.69, 9.17) is 9.47 Å². The largest absolute Gasteiger partial charge is 1.00 e. The fraction of sp³-hybridized carbons (Fsp3) is 0.300. The number of carbonyl (C=O) groups excluding carboxylic acids is 1. The van der Waals surface area contributed by atoms with Crippen LogP contribution in [0, 0.1) is 0 Å². The third-order valence-corrected chi connectivity index (χ3v) is 1.49. The molecule has 0 spiro atoms. The Balaban J connectivity index is 0. The molecule has 0 radical (unpaired) electrons. The van der Waals surface area contributed by atoms with E-state index in [1.807, 2.05) is 18.2 Å². The summed E-state index contributed by atoms with van der Waals surface area (Å²) in [5.41, 5.74) is 0. The van der Waals surface area contributed by atoms with E-state index in [9.17, 15) is 4.79 Å². The van der Waals surface area contributed by atoms with E-state index in [0.717, 1.165) is 0 Å². The first-order chi connectivity index (χ1) is 6.33. The average Bonchev–Trinajstić information content (AvgIpc) is 2.16. The number of para-hydroxylation sites is 1. The van der Waals surface area contributed by atoms with Gasteiger partial charge >= 0.3 is 35.5 Å². The van der Waals surface area contributed by atoms with Crippen molar-refractivity contribution < 1.29 is 45.3 Å². The first kappa shape index (κ1) is 13.7. The molecule has 0 aromatic heterocycles. The number of carbonyl (C=O) groups is 1. The Hall–Kier alpha value is -0.350. The van der Waals surface area contributed by atoms with Gasteiger partial charge in [-0.2, -0.15) is 0 Å². The minimum absolute atomic E-state index is 0. The molecule has 0 aliphatic carbocycles. The summed E-state index contributed by atoms with van der Waals surface area (Å²) in [4.78, 5) is 11.1. The second-order valence-corrected chi connectivity index (χ2v) is 2.53. The number of esters is 1. The molecule has 4 heteroatoms. The molecule has 0 aliphatic heterocycles. The normalized spacial score (nSPS) is 8.93. The van der Waals surface area contributed by atoms with Gasteiger partial charge in [0.05, 0.1) is 13.0 Å². The van der Waals surface area contributed by atoms with Gasteiger partial charge in [0.15, 0.2) is 0 Å². The monoisotopic (exact) mass is 204 g/mol. The maximum absolute atomic E-state index is 11.1. The van der Waals surface area contributed by atoms with E-state index < -0.39 is 0 Å². The molecule has 72 valence electrons. The van der Waals surface area contributed by atoms with Crippen LogP contribution in [0.15, 0.2) is 30.3 Å². The van der Waals surface area contributed by atoms with Crippen molar-refractivity contribution in [1.29, 1.82) is 0 Å². The van der Waals surface area contributed by atoms with Gasteiger partial charge < -0.3 is 10.9 Å². The number of hydrogen-bond acceptors (Lipinski definition) is 3. The van der Waals surface area contributed by atoms with Gasteiger partial charge in [0, 0.05) is 7.11 Å². The zero-order valence-corrected chi connectivity index (χ0v) is 10.5. The van der Waals surface area contributed by atoms with Crippen LogP contribution in [-0.4, -0.2) is 19.7 Å². The van der Waals surface area contributed by atoms with Crippen molar-refractivity contribution in [2.75, 3.05) is 13.7 Å². The second kappa shape index (κ2) is 8.00. The summed E-state index contributed by atoms with van der Waals surface area (Å²) < 4.78 is 9.75. The molecular weight excluding hydrogens is 191 g/mol. The SMILES string of the molecule is COCCC(=O)Oc1ccccc1.[H-].[Na+]. The topological polar surface area (TPSA) is 35.5 Å². The van der Waals surface area contributed by atoms with Crippen LogP contribution in [0.2, 0.25) is 0 Å². The quantitative estimate of drug-likeness (QED) is 0.349. The predicted octanol–water partition coefficient (Wildman–Crippen LogP) is -1.25. The maximum Gasteiger partial charge on any atom is 1.00 e. The van der Waals surface area contributed by atoms with Crippen molar-refractivity contribution in [3.63, 3.8) is 0 Å². The Morgan fingerprint density at radius 1 is 1.36 bits per heavy atom. The van der Waals surface area contributed by atoms with Crippen molar-refractivity contribution >= 4 is 5.97 Å². The molecular formula is C10H13NaO3. The molecule has 0 saturated carbocycles. The van der Waals surface area contributed by atoms with Crippen molar-refractivity contribution in [2.24, 2.45) is 0 Å². The molecule has 0 N–H and O–H groups in total. The number of ether oxygens (including phenoxy) is 2. The summed E-state index contributed by atoms with van der Waals surface area (Å²) in [7, 11) is 1.55. The molecule has 0 heterocycles. The van der Waals surface area contributed by atoms with Crippen molar-refractivity contribution in [1.82, 2.24) is 0 Å². The summed E-state index contributed by atoms with van der Waals surface area (Å²) in [5.74, 6) is 0.302. The van der Waals surface area contributed by atoms with Crippen LogP contribution in [0.1, 0.15) is 7.85 Å². The van der Waals surface area contributed by atoms with Gasteiger partial charge in [-0.1, -0.05) is 18.2 Å². The van der Waals surface area contributed by atoms with Crippen molar-refractivity contribution in [3.8, 4) is 5.75 Å². The van der Waals surface area contributed by atoms with Crippen LogP contribution in [-0.2, 0) is 9.53 Å². The smallest absolute Gasteiger partial charge is 1.00 e. The standard InChI is InChI=1S/C10H12O3.Na.H/c1-12-8-7-10(11)13-9-5-3-2-4-6-9;;/h2-6H,7-8H2,1H3;;/q;+1;-1. The minimum Gasteiger partial charge on any atom is -1.00 e. The summed E-state index contributed by atoms with van der Waals surface area (Å²) in [5, 5.41) is 0. The zero-order chi connectivity index (χ0) is 9.52. The van der Waals surface area contributed by atoms with Crippen LogP contribution in [0.5, 0.6) is 5.75 Å². The average molecular weight is 204 g/mol. The second-order valence-electron chi connectivity index (χ2n) is 2.53. The van der Waals surface area contributed by atoms with Crippen LogP contribution < -0.4 is 34.3 Å². The Morgan fingerprint density at radius 3 is 2.57 bits per heavy atom. The van der Waals surface area contributed by atoms with Gasteiger partial charge in [-0.15, -0.1) is 0 Å². The number of methoxy groups -OCH3 is 1. The summed E-state index contributed by atoms with van der Waals surface area (Å²) >= 11 is 0. The third kappa shape index (κ3) is 5.40. The van der Waals surface area contributed by atoms with Gasteiger partial charge in [-0.05, 0) is 12.1 Å². The van der Waals surface area contributed by atoms with Gasteiger partial charge in [-0.3, -0.25) is 4.79 Å². The molecule has 0 fully saturated rings. The first-order valence-corrected chi connectivity index (χ1v) is 4.07. The van der Waals surface area contributed by atoms with Gasteiger partial charge in [0.25, 0.3) is 0 Å². The Bertz CT molecular complexity index is 267. The first-order valence-electron chi connectivity index (χ1n) is 4.07. The van der Waals surface area contributed by atoms with E-state index in [1.54, 1.807) is 19.2 Å². The molecule has 14 heavy (non-hydrogen) atoms. The molecule has 0 bridgehead atoms. The Kier molecular flexibility index (Phi) is 7.80. The molecule has 1 aromatic rings. The Morgan fingerprint density at radius 2 is 2.00 bits per heavy atom.